The molecule has 0 saturated carbocycles. The summed E-state index contributed by atoms with van der Waals surface area (Å²) < 4.78 is 16.7. The minimum atomic E-state index is -0.497. The Hall–Kier alpha value is -2.28. The van der Waals surface area contributed by atoms with E-state index in [1.54, 1.807) is 11.0 Å². The van der Waals surface area contributed by atoms with Gasteiger partial charge in [0.15, 0.2) is 5.65 Å². The summed E-state index contributed by atoms with van der Waals surface area (Å²) in [5.41, 5.74) is 0.889. The van der Waals surface area contributed by atoms with Gasteiger partial charge < -0.3 is 4.90 Å². The van der Waals surface area contributed by atoms with E-state index in [2.05, 4.69) is 26.1 Å². The van der Waals surface area contributed by atoms with Gasteiger partial charge in [-0.1, -0.05) is 22.0 Å². The topological polar surface area (TPSA) is 50.5 Å². The average molecular weight is 403 g/mol. The molecule has 1 atom stereocenters. The largest absolute Gasteiger partial charge is 0.338 e. The fourth-order valence-electron chi connectivity index (χ4n) is 3.34. The van der Waals surface area contributed by atoms with Crippen molar-refractivity contribution in [1.29, 1.82) is 0 Å². The summed E-state index contributed by atoms with van der Waals surface area (Å²) in [6.07, 6.45) is 3.72. The van der Waals surface area contributed by atoms with Crippen LogP contribution < -0.4 is 0 Å². The lowest BCUT2D eigenvalue weighted by molar-refractivity contribution is 0.0699. The van der Waals surface area contributed by atoms with Crippen molar-refractivity contribution in [3.8, 4) is 0 Å². The lowest BCUT2D eigenvalue weighted by Crippen LogP contribution is -2.40. The summed E-state index contributed by atoms with van der Waals surface area (Å²) in [6, 6.07) is 10.2. The molecule has 0 aliphatic carbocycles. The fraction of sp³-hybridized carbons (Fsp3) is 0.278. The molecule has 1 amide bonds. The van der Waals surface area contributed by atoms with Crippen molar-refractivity contribution in [2.75, 3.05) is 13.1 Å². The Morgan fingerprint density at radius 1 is 1.24 bits per heavy atom. The van der Waals surface area contributed by atoms with Gasteiger partial charge >= 0.3 is 0 Å². The molecule has 25 heavy (non-hydrogen) atoms. The van der Waals surface area contributed by atoms with Gasteiger partial charge in [0, 0.05) is 29.7 Å². The monoisotopic (exact) mass is 402 g/mol. The Balaban J connectivity index is 1.61. The molecule has 1 unspecified atom stereocenters. The first kappa shape index (κ1) is 16.2. The van der Waals surface area contributed by atoms with Crippen molar-refractivity contribution in [3.63, 3.8) is 0 Å². The first-order chi connectivity index (χ1) is 12.1. The summed E-state index contributed by atoms with van der Waals surface area (Å²) in [5, 5.41) is 8.50. The van der Waals surface area contributed by atoms with E-state index in [1.165, 1.54) is 12.1 Å². The summed E-state index contributed by atoms with van der Waals surface area (Å²) >= 11 is 3.30. The maximum absolute atomic E-state index is 14.1. The van der Waals surface area contributed by atoms with Crippen LogP contribution in [-0.2, 0) is 0 Å². The first-order valence-electron chi connectivity index (χ1n) is 8.17. The summed E-state index contributed by atoms with van der Waals surface area (Å²) in [6.45, 7) is 1.14. The Morgan fingerprint density at radius 3 is 3.00 bits per heavy atom. The Kier molecular flexibility index (Phi) is 4.25. The van der Waals surface area contributed by atoms with Crippen LogP contribution in [0.15, 0.2) is 47.1 Å². The standard InChI is InChI=1S/C18H16BrFN4O/c19-13-6-7-15(20)14(10-13)18(25)23-8-3-4-12(11-23)17-22-21-16-5-1-2-9-24(16)17/h1-2,5-7,9-10,12H,3-4,8,11H2. The van der Waals surface area contributed by atoms with Gasteiger partial charge in [0.2, 0.25) is 0 Å². The van der Waals surface area contributed by atoms with Crippen LogP contribution in [0.25, 0.3) is 5.65 Å². The molecular formula is C18H16BrFN4O. The van der Waals surface area contributed by atoms with E-state index in [0.717, 1.165) is 24.3 Å². The molecule has 5 nitrogen and oxygen atoms in total. The number of aromatic nitrogens is 3. The molecule has 0 radical (unpaired) electrons. The number of hydrogen-bond donors (Lipinski definition) is 0. The normalized spacial score (nSPS) is 17.8. The van der Waals surface area contributed by atoms with Gasteiger partial charge in [-0.05, 0) is 43.2 Å². The fourth-order valence-corrected chi connectivity index (χ4v) is 3.70. The van der Waals surface area contributed by atoms with Gasteiger partial charge in [-0.3, -0.25) is 9.20 Å². The second-order valence-electron chi connectivity index (χ2n) is 6.20. The van der Waals surface area contributed by atoms with E-state index in [-0.39, 0.29) is 17.4 Å². The van der Waals surface area contributed by atoms with Crippen LogP contribution >= 0.6 is 15.9 Å². The smallest absolute Gasteiger partial charge is 0.256 e. The Labute approximate surface area is 152 Å². The van der Waals surface area contributed by atoms with E-state index < -0.39 is 5.82 Å². The lowest BCUT2D eigenvalue weighted by atomic mass is 9.96. The maximum atomic E-state index is 14.1. The number of hydrogen-bond acceptors (Lipinski definition) is 3. The van der Waals surface area contributed by atoms with Crippen molar-refractivity contribution in [2.24, 2.45) is 0 Å². The second-order valence-corrected chi connectivity index (χ2v) is 7.12. The van der Waals surface area contributed by atoms with E-state index in [0.29, 0.717) is 17.6 Å². The molecule has 1 saturated heterocycles. The minimum Gasteiger partial charge on any atom is -0.338 e. The number of pyridine rings is 1. The minimum absolute atomic E-state index is 0.0883. The number of rotatable bonds is 2. The summed E-state index contributed by atoms with van der Waals surface area (Å²) in [4.78, 5) is 14.5. The van der Waals surface area contributed by atoms with Crippen molar-refractivity contribution in [3.05, 3.63) is 64.3 Å². The van der Waals surface area contributed by atoms with Crippen LogP contribution in [0.4, 0.5) is 4.39 Å². The van der Waals surface area contributed by atoms with Gasteiger partial charge in [0.05, 0.1) is 5.56 Å². The van der Waals surface area contributed by atoms with Crippen molar-refractivity contribution in [1.82, 2.24) is 19.5 Å². The van der Waals surface area contributed by atoms with Crippen LogP contribution in [0, 0.1) is 5.82 Å². The highest BCUT2D eigenvalue weighted by molar-refractivity contribution is 9.10. The number of likely N-dealkylation sites (tertiary alicyclic amines) is 1. The van der Waals surface area contributed by atoms with Gasteiger partial charge in [0.25, 0.3) is 5.91 Å². The van der Waals surface area contributed by atoms with Crippen LogP contribution in [0.2, 0.25) is 0 Å². The van der Waals surface area contributed by atoms with E-state index in [4.69, 9.17) is 0 Å². The molecule has 0 bridgehead atoms. The van der Waals surface area contributed by atoms with Crippen molar-refractivity contribution < 1.29 is 9.18 Å². The van der Waals surface area contributed by atoms with Crippen molar-refractivity contribution in [2.45, 2.75) is 18.8 Å². The molecule has 1 aromatic carbocycles. The molecular weight excluding hydrogens is 387 g/mol. The number of carbonyl (C=O) groups is 1. The zero-order valence-electron chi connectivity index (χ0n) is 13.4. The molecule has 0 spiro atoms. The predicted molar refractivity (Wildman–Crippen MR) is 95.0 cm³/mol. The number of nitrogens with zero attached hydrogens (tertiary/aromatic N) is 4. The zero-order valence-corrected chi connectivity index (χ0v) is 15.0. The van der Waals surface area contributed by atoms with Crippen LogP contribution in [0.5, 0.6) is 0 Å². The van der Waals surface area contributed by atoms with Crippen molar-refractivity contribution >= 4 is 27.5 Å². The Morgan fingerprint density at radius 2 is 2.12 bits per heavy atom. The molecule has 128 valence electrons. The molecule has 1 fully saturated rings. The number of benzene rings is 1. The zero-order chi connectivity index (χ0) is 17.4. The number of amides is 1. The third-order valence-corrected chi connectivity index (χ3v) is 5.07. The highest BCUT2D eigenvalue weighted by atomic mass is 79.9. The average Bonchev–Trinajstić information content (AvgIpc) is 3.07. The highest BCUT2D eigenvalue weighted by Gasteiger charge is 2.29. The van der Waals surface area contributed by atoms with Gasteiger partial charge in [0.1, 0.15) is 11.6 Å². The highest BCUT2D eigenvalue weighted by Crippen LogP contribution is 2.28. The van der Waals surface area contributed by atoms with Gasteiger partial charge in [-0.2, -0.15) is 0 Å². The number of carbonyl (C=O) groups excluding carboxylic acids is 1. The van der Waals surface area contributed by atoms with Crippen LogP contribution in [0.1, 0.15) is 34.9 Å². The van der Waals surface area contributed by atoms with E-state index in [9.17, 15) is 9.18 Å². The molecule has 1 aliphatic heterocycles. The van der Waals surface area contributed by atoms with Gasteiger partial charge in [-0.15, -0.1) is 10.2 Å². The summed E-state index contributed by atoms with van der Waals surface area (Å²) in [5.74, 6) is 0.161. The molecule has 3 heterocycles. The second kappa shape index (κ2) is 6.55. The third-order valence-electron chi connectivity index (χ3n) is 4.57. The lowest BCUT2D eigenvalue weighted by Gasteiger charge is -2.32. The molecule has 2 aromatic heterocycles. The predicted octanol–water partition coefficient (Wildman–Crippen LogP) is 3.65. The molecule has 0 N–H and O–H groups in total. The van der Waals surface area contributed by atoms with E-state index in [1.807, 2.05) is 28.8 Å². The van der Waals surface area contributed by atoms with E-state index >= 15 is 0 Å². The molecule has 1 aliphatic rings. The molecule has 4 rings (SSSR count). The van der Waals surface area contributed by atoms with Crippen LogP contribution in [-0.4, -0.2) is 38.5 Å². The number of fused-ring (bicyclic) bond motifs is 1. The molecule has 3 aromatic rings. The number of piperidine rings is 1. The van der Waals surface area contributed by atoms with Gasteiger partial charge in [-0.25, -0.2) is 4.39 Å². The first-order valence-corrected chi connectivity index (χ1v) is 8.97. The maximum Gasteiger partial charge on any atom is 0.256 e. The SMILES string of the molecule is O=C(c1cc(Br)ccc1F)N1CCCC(c2nnc3ccccn23)C1. The van der Waals surface area contributed by atoms with Crippen LogP contribution in [0.3, 0.4) is 0 Å². The number of halogens is 2. The Bertz CT molecular complexity index is 942. The third kappa shape index (κ3) is 3.04. The molecule has 7 heteroatoms. The quantitative estimate of drug-likeness (QED) is 0.657. The summed E-state index contributed by atoms with van der Waals surface area (Å²) in [7, 11) is 0.